The summed E-state index contributed by atoms with van der Waals surface area (Å²) in [6.45, 7) is 0. The van der Waals surface area contributed by atoms with E-state index < -0.39 is 5.97 Å². The lowest BCUT2D eigenvalue weighted by molar-refractivity contribution is -0.161. The minimum Gasteiger partial charge on any atom is -0.481 e. The van der Waals surface area contributed by atoms with Gasteiger partial charge in [-0.25, -0.2) is 0 Å². The molecule has 10 heavy (non-hydrogen) atoms. The third-order valence-corrected chi connectivity index (χ3v) is 3.32. The Balaban J connectivity index is 2.05. The van der Waals surface area contributed by atoms with Gasteiger partial charge in [0.05, 0.1) is 5.92 Å². The van der Waals surface area contributed by atoms with Crippen LogP contribution in [0.1, 0.15) is 32.1 Å². The second-order valence-electron chi connectivity index (χ2n) is 3.65. The molecule has 1 spiro atoms. The Morgan fingerprint density at radius 2 is 2.10 bits per heavy atom. The lowest BCUT2D eigenvalue weighted by atomic mass is 9.50. The second kappa shape index (κ2) is 1.74. The van der Waals surface area contributed by atoms with Gasteiger partial charge in [-0.05, 0) is 31.1 Å². The van der Waals surface area contributed by atoms with E-state index in [0.29, 0.717) is 0 Å². The van der Waals surface area contributed by atoms with Gasteiger partial charge in [-0.15, -0.1) is 0 Å². The summed E-state index contributed by atoms with van der Waals surface area (Å²) in [6.07, 6.45) is 5.69. The lowest BCUT2D eigenvalue weighted by Gasteiger charge is -2.54. The standard InChI is InChI=1S/C8H12O2/c9-7(10)6-2-5-8(6)3-1-4-8/h6H,1-5H2,(H,9,10)/t6-/m0/s1. The van der Waals surface area contributed by atoms with E-state index in [4.69, 9.17) is 5.11 Å². The van der Waals surface area contributed by atoms with E-state index in [1.54, 1.807) is 0 Å². The van der Waals surface area contributed by atoms with Crippen molar-refractivity contribution >= 4 is 5.97 Å². The molecule has 2 saturated carbocycles. The van der Waals surface area contributed by atoms with Crippen LogP contribution in [-0.4, -0.2) is 11.1 Å². The molecule has 0 aromatic heterocycles. The van der Waals surface area contributed by atoms with Gasteiger partial charge >= 0.3 is 5.97 Å². The van der Waals surface area contributed by atoms with Crippen molar-refractivity contribution in [3.05, 3.63) is 0 Å². The molecule has 0 aromatic carbocycles. The smallest absolute Gasteiger partial charge is 0.307 e. The van der Waals surface area contributed by atoms with Crippen LogP contribution in [-0.2, 0) is 4.79 Å². The first-order chi connectivity index (χ1) is 4.75. The Kier molecular flexibility index (Phi) is 1.08. The molecule has 56 valence electrons. The molecule has 0 amide bonds. The maximum absolute atomic E-state index is 10.6. The van der Waals surface area contributed by atoms with Gasteiger partial charge in [0.25, 0.3) is 0 Å². The number of hydrogen-bond donors (Lipinski definition) is 1. The molecule has 2 aliphatic rings. The van der Waals surface area contributed by atoms with Gasteiger partial charge in [0.15, 0.2) is 0 Å². The van der Waals surface area contributed by atoms with Crippen molar-refractivity contribution in [2.75, 3.05) is 0 Å². The Morgan fingerprint density at radius 3 is 2.20 bits per heavy atom. The third kappa shape index (κ3) is 0.568. The summed E-state index contributed by atoms with van der Waals surface area (Å²) >= 11 is 0. The molecule has 0 saturated heterocycles. The highest BCUT2D eigenvalue weighted by Gasteiger charge is 2.53. The Hall–Kier alpha value is -0.530. The molecule has 0 unspecified atom stereocenters. The average Bonchev–Trinajstić information content (AvgIpc) is 1.53. The molecule has 2 aliphatic carbocycles. The number of hydrogen-bond acceptors (Lipinski definition) is 1. The van der Waals surface area contributed by atoms with Gasteiger partial charge in [0, 0.05) is 0 Å². The molecule has 0 radical (unpaired) electrons. The van der Waals surface area contributed by atoms with Crippen LogP contribution in [0.5, 0.6) is 0 Å². The fourth-order valence-corrected chi connectivity index (χ4v) is 2.31. The molecule has 2 fully saturated rings. The molecule has 1 atom stereocenters. The van der Waals surface area contributed by atoms with Crippen LogP contribution >= 0.6 is 0 Å². The number of aliphatic carboxylic acids is 1. The van der Waals surface area contributed by atoms with E-state index in [1.165, 1.54) is 25.7 Å². The maximum Gasteiger partial charge on any atom is 0.307 e. The van der Waals surface area contributed by atoms with Crippen molar-refractivity contribution in [2.45, 2.75) is 32.1 Å². The molecule has 0 aromatic rings. The van der Waals surface area contributed by atoms with Gasteiger partial charge in [0.1, 0.15) is 0 Å². The highest BCUT2D eigenvalue weighted by atomic mass is 16.4. The van der Waals surface area contributed by atoms with Crippen molar-refractivity contribution in [3.8, 4) is 0 Å². The van der Waals surface area contributed by atoms with Crippen molar-refractivity contribution < 1.29 is 9.90 Å². The normalized spacial score (nSPS) is 34.6. The van der Waals surface area contributed by atoms with Gasteiger partial charge in [-0.1, -0.05) is 6.42 Å². The maximum atomic E-state index is 10.6. The van der Waals surface area contributed by atoms with E-state index in [0.717, 1.165) is 6.42 Å². The fraction of sp³-hybridized carbons (Fsp3) is 0.875. The van der Waals surface area contributed by atoms with Crippen molar-refractivity contribution in [1.29, 1.82) is 0 Å². The molecule has 0 aliphatic heterocycles. The zero-order valence-electron chi connectivity index (χ0n) is 5.97. The summed E-state index contributed by atoms with van der Waals surface area (Å²) in [6, 6.07) is 0. The molecule has 2 nitrogen and oxygen atoms in total. The van der Waals surface area contributed by atoms with Crippen molar-refractivity contribution in [1.82, 2.24) is 0 Å². The first kappa shape index (κ1) is 6.20. The largest absolute Gasteiger partial charge is 0.481 e. The van der Waals surface area contributed by atoms with Crippen molar-refractivity contribution in [2.24, 2.45) is 11.3 Å². The minimum atomic E-state index is -0.564. The van der Waals surface area contributed by atoms with E-state index in [1.807, 2.05) is 0 Å². The third-order valence-electron chi connectivity index (χ3n) is 3.32. The zero-order chi connectivity index (χ0) is 7.19. The molecular formula is C8H12O2. The molecule has 2 rings (SSSR count). The predicted octanol–water partition coefficient (Wildman–Crippen LogP) is 1.65. The number of carboxylic acids is 1. The van der Waals surface area contributed by atoms with E-state index >= 15 is 0 Å². The van der Waals surface area contributed by atoms with Crippen LogP contribution in [0, 0.1) is 11.3 Å². The number of carbonyl (C=O) groups is 1. The first-order valence-corrected chi connectivity index (χ1v) is 3.97. The highest BCUT2D eigenvalue weighted by Crippen LogP contribution is 2.59. The zero-order valence-corrected chi connectivity index (χ0v) is 5.97. The van der Waals surface area contributed by atoms with Crippen LogP contribution in [0.15, 0.2) is 0 Å². The van der Waals surface area contributed by atoms with Crippen LogP contribution in [0.25, 0.3) is 0 Å². The summed E-state index contributed by atoms with van der Waals surface area (Å²) in [4.78, 5) is 10.6. The minimum absolute atomic E-state index is 0.0150. The highest BCUT2D eigenvalue weighted by molar-refractivity contribution is 5.72. The van der Waals surface area contributed by atoms with Crippen LogP contribution in [0.4, 0.5) is 0 Å². The second-order valence-corrected chi connectivity index (χ2v) is 3.65. The molecule has 0 bridgehead atoms. The predicted molar refractivity (Wildman–Crippen MR) is 36.6 cm³/mol. The molecule has 0 heterocycles. The van der Waals surface area contributed by atoms with E-state index in [2.05, 4.69) is 0 Å². The SMILES string of the molecule is O=C(O)[C@@H]1CCC12CCC2. The summed E-state index contributed by atoms with van der Waals surface area (Å²) in [5, 5.41) is 8.73. The van der Waals surface area contributed by atoms with E-state index in [9.17, 15) is 4.79 Å². The number of rotatable bonds is 1. The fourth-order valence-electron chi connectivity index (χ4n) is 2.31. The summed E-state index contributed by atoms with van der Waals surface area (Å²) < 4.78 is 0. The Labute approximate surface area is 60.2 Å². The van der Waals surface area contributed by atoms with Crippen LogP contribution < -0.4 is 0 Å². The number of carboxylic acid groups (broad SMARTS) is 1. The van der Waals surface area contributed by atoms with Gasteiger partial charge < -0.3 is 5.11 Å². The van der Waals surface area contributed by atoms with Gasteiger partial charge in [-0.2, -0.15) is 0 Å². The monoisotopic (exact) mass is 140 g/mol. The van der Waals surface area contributed by atoms with Crippen LogP contribution in [0.2, 0.25) is 0 Å². The quantitative estimate of drug-likeness (QED) is 0.601. The molecular weight excluding hydrogens is 128 g/mol. The molecule has 2 heteroatoms. The lowest BCUT2D eigenvalue weighted by Crippen LogP contribution is -2.49. The molecule has 1 N–H and O–H groups in total. The Morgan fingerprint density at radius 1 is 1.40 bits per heavy atom. The van der Waals surface area contributed by atoms with Crippen molar-refractivity contribution in [3.63, 3.8) is 0 Å². The summed E-state index contributed by atoms with van der Waals surface area (Å²) in [7, 11) is 0. The first-order valence-electron chi connectivity index (χ1n) is 3.97. The van der Waals surface area contributed by atoms with Gasteiger partial charge in [-0.3, -0.25) is 4.79 Å². The topological polar surface area (TPSA) is 37.3 Å². The average molecular weight is 140 g/mol. The van der Waals surface area contributed by atoms with Crippen LogP contribution in [0.3, 0.4) is 0 Å². The summed E-state index contributed by atoms with van der Waals surface area (Å²) in [5.74, 6) is -0.549. The van der Waals surface area contributed by atoms with E-state index in [-0.39, 0.29) is 11.3 Å². The Bertz CT molecular complexity index is 165. The summed E-state index contributed by atoms with van der Waals surface area (Å²) in [5.41, 5.74) is 0.284. The van der Waals surface area contributed by atoms with Gasteiger partial charge in [0.2, 0.25) is 0 Å².